The highest BCUT2D eigenvalue weighted by Gasteiger charge is 2.09. The van der Waals surface area contributed by atoms with Crippen molar-refractivity contribution in [2.24, 2.45) is 5.92 Å². The Morgan fingerprint density at radius 2 is 1.78 bits per heavy atom. The van der Waals surface area contributed by atoms with Gasteiger partial charge in [-0.05, 0) is 43.5 Å². The van der Waals surface area contributed by atoms with Crippen LogP contribution in [0.15, 0.2) is 29.2 Å². The van der Waals surface area contributed by atoms with Crippen molar-refractivity contribution < 1.29 is 4.79 Å². The fourth-order valence-corrected chi connectivity index (χ4v) is 1.97. The first-order valence-corrected chi connectivity index (χ1v) is 7.03. The van der Waals surface area contributed by atoms with Crippen LogP contribution >= 0.6 is 12.6 Å². The molecule has 0 saturated carbocycles. The third-order valence-corrected chi connectivity index (χ3v) is 3.22. The van der Waals surface area contributed by atoms with Crippen LogP contribution in [0.2, 0.25) is 0 Å². The molecule has 100 valence electrons. The summed E-state index contributed by atoms with van der Waals surface area (Å²) < 4.78 is 0. The molecule has 1 atom stereocenters. The van der Waals surface area contributed by atoms with Gasteiger partial charge in [-0.2, -0.15) is 0 Å². The van der Waals surface area contributed by atoms with Gasteiger partial charge in [0.25, 0.3) is 5.91 Å². The Kier molecular flexibility index (Phi) is 6.27. The molecule has 0 aliphatic heterocycles. The number of amides is 1. The Morgan fingerprint density at radius 3 is 2.33 bits per heavy atom. The van der Waals surface area contributed by atoms with Crippen LogP contribution in [0.4, 0.5) is 0 Å². The fourth-order valence-electron chi connectivity index (χ4n) is 1.82. The molecular weight excluding hydrogens is 242 g/mol. The Bertz CT molecular complexity index is 373. The number of hydrogen-bond donors (Lipinski definition) is 2. The standard InChI is InChI=1S/C15H23NOS/c1-11(2)5-4-6-12(3)16-15(17)13-7-9-14(18)10-8-13/h7-12,18H,4-6H2,1-3H3,(H,16,17). The molecule has 0 spiro atoms. The number of hydrogen-bond acceptors (Lipinski definition) is 2. The minimum Gasteiger partial charge on any atom is -0.350 e. The lowest BCUT2D eigenvalue weighted by Crippen LogP contribution is -2.32. The van der Waals surface area contributed by atoms with Crippen molar-refractivity contribution in [2.45, 2.75) is 51.0 Å². The quantitative estimate of drug-likeness (QED) is 0.750. The molecule has 0 aliphatic rings. The Labute approximate surface area is 116 Å². The molecule has 0 aromatic heterocycles. The summed E-state index contributed by atoms with van der Waals surface area (Å²) >= 11 is 4.20. The van der Waals surface area contributed by atoms with Crippen LogP contribution in [0, 0.1) is 5.92 Å². The SMILES string of the molecule is CC(C)CCCC(C)NC(=O)c1ccc(S)cc1. The van der Waals surface area contributed by atoms with Gasteiger partial charge in [-0.15, -0.1) is 12.6 Å². The average molecular weight is 265 g/mol. The van der Waals surface area contributed by atoms with Gasteiger partial charge in [0, 0.05) is 16.5 Å². The average Bonchev–Trinajstić information content (AvgIpc) is 2.29. The van der Waals surface area contributed by atoms with Crippen LogP contribution in [0.5, 0.6) is 0 Å². The Balaban J connectivity index is 2.37. The maximum absolute atomic E-state index is 11.9. The van der Waals surface area contributed by atoms with E-state index in [0.29, 0.717) is 5.56 Å². The molecule has 3 heteroatoms. The molecule has 0 radical (unpaired) electrons. The molecule has 0 saturated heterocycles. The van der Waals surface area contributed by atoms with Crippen LogP contribution in [0.3, 0.4) is 0 Å². The summed E-state index contributed by atoms with van der Waals surface area (Å²) in [5, 5.41) is 3.03. The van der Waals surface area contributed by atoms with Crippen molar-refractivity contribution in [3.05, 3.63) is 29.8 Å². The lowest BCUT2D eigenvalue weighted by molar-refractivity contribution is 0.0937. The van der Waals surface area contributed by atoms with Gasteiger partial charge in [-0.25, -0.2) is 0 Å². The van der Waals surface area contributed by atoms with E-state index in [0.717, 1.165) is 23.7 Å². The van der Waals surface area contributed by atoms with E-state index in [4.69, 9.17) is 0 Å². The number of nitrogens with one attached hydrogen (secondary N) is 1. The van der Waals surface area contributed by atoms with E-state index in [1.54, 1.807) is 12.1 Å². The lowest BCUT2D eigenvalue weighted by atomic mass is 10.0. The third kappa shape index (κ3) is 5.58. The summed E-state index contributed by atoms with van der Waals surface area (Å²) in [5.41, 5.74) is 0.698. The minimum absolute atomic E-state index is 0.000352. The van der Waals surface area contributed by atoms with Crippen LogP contribution in [-0.2, 0) is 0 Å². The summed E-state index contributed by atoms with van der Waals surface area (Å²) in [6.45, 7) is 6.51. The first-order chi connectivity index (χ1) is 8.49. The number of carbonyl (C=O) groups excluding carboxylic acids is 1. The fraction of sp³-hybridized carbons (Fsp3) is 0.533. The summed E-state index contributed by atoms with van der Waals surface area (Å²) in [7, 11) is 0. The van der Waals surface area contributed by atoms with Crippen LogP contribution in [0.25, 0.3) is 0 Å². The molecular formula is C15H23NOS. The van der Waals surface area contributed by atoms with Crippen molar-refractivity contribution in [2.75, 3.05) is 0 Å². The summed E-state index contributed by atoms with van der Waals surface area (Å²) in [6.07, 6.45) is 3.41. The van der Waals surface area contributed by atoms with E-state index in [1.165, 1.54) is 6.42 Å². The number of benzene rings is 1. The van der Waals surface area contributed by atoms with Gasteiger partial charge in [0.2, 0.25) is 0 Å². The second-order valence-corrected chi connectivity index (χ2v) is 5.76. The predicted octanol–water partition coefficient (Wildman–Crippen LogP) is 3.92. The molecule has 0 aliphatic carbocycles. The monoisotopic (exact) mass is 265 g/mol. The van der Waals surface area contributed by atoms with Crippen LogP contribution < -0.4 is 5.32 Å². The van der Waals surface area contributed by atoms with Crippen molar-refractivity contribution in [1.82, 2.24) is 5.32 Å². The highest BCUT2D eigenvalue weighted by atomic mass is 32.1. The Morgan fingerprint density at radius 1 is 1.17 bits per heavy atom. The number of thiol groups is 1. The maximum Gasteiger partial charge on any atom is 0.251 e. The Hall–Kier alpha value is -0.960. The van der Waals surface area contributed by atoms with Gasteiger partial charge >= 0.3 is 0 Å². The molecule has 0 heterocycles. The molecule has 0 fully saturated rings. The highest BCUT2D eigenvalue weighted by Crippen LogP contribution is 2.10. The van der Waals surface area contributed by atoms with Gasteiger partial charge in [0.05, 0.1) is 0 Å². The largest absolute Gasteiger partial charge is 0.350 e. The second kappa shape index (κ2) is 7.47. The lowest BCUT2D eigenvalue weighted by Gasteiger charge is -2.14. The van der Waals surface area contributed by atoms with E-state index in [9.17, 15) is 4.79 Å². The van der Waals surface area contributed by atoms with Gasteiger partial charge in [-0.3, -0.25) is 4.79 Å². The van der Waals surface area contributed by atoms with E-state index >= 15 is 0 Å². The normalized spacial score (nSPS) is 12.5. The molecule has 1 amide bonds. The van der Waals surface area contributed by atoms with E-state index in [-0.39, 0.29) is 11.9 Å². The van der Waals surface area contributed by atoms with Crippen molar-refractivity contribution >= 4 is 18.5 Å². The van der Waals surface area contributed by atoms with Crippen LogP contribution in [-0.4, -0.2) is 11.9 Å². The summed E-state index contributed by atoms with van der Waals surface area (Å²) in [5.74, 6) is 0.733. The molecule has 1 aromatic rings. The molecule has 1 N–H and O–H groups in total. The zero-order valence-corrected chi connectivity index (χ0v) is 12.3. The molecule has 18 heavy (non-hydrogen) atoms. The third-order valence-electron chi connectivity index (χ3n) is 2.93. The number of carbonyl (C=O) groups is 1. The number of rotatable bonds is 6. The second-order valence-electron chi connectivity index (χ2n) is 5.25. The molecule has 1 aromatic carbocycles. The first-order valence-electron chi connectivity index (χ1n) is 6.59. The molecule has 0 bridgehead atoms. The molecule has 2 nitrogen and oxygen atoms in total. The zero-order valence-electron chi connectivity index (χ0n) is 11.4. The molecule has 1 unspecified atom stereocenters. The van der Waals surface area contributed by atoms with Crippen molar-refractivity contribution in [3.63, 3.8) is 0 Å². The van der Waals surface area contributed by atoms with Gasteiger partial charge < -0.3 is 5.32 Å². The summed E-state index contributed by atoms with van der Waals surface area (Å²) in [6, 6.07) is 7.51. The topological polar surface area (TPSA) is 29.1 Å². The zero-order chi connectivity index (χ0) is 13.5. The summed E-state index contributed by atoms with van der Waals surface area (Å²) in [4.78, 5) is 12.8. The highest BCUT2D eigenvalue weighted by molar-refractivity contribution is 7.80. The predicted molar refractivity (Wildman–Crippen MR) is 79.3 cm³/mol. The minimum atomic E-state index is 0.000352. The van der Waals surface area contributed by atoms with Gasteiger partial charge in [-0.1, -0.05) is 26.7 Å². The van der Waals surface area contributed by atoms with E-state index in [2.05, 4.69) is 38.7 Å². The van der Waals surface area contributed by atoms with Crippen molar-refractivity contribution in [3.8, 4) is 0 Å². The smallest absolute Gasteiger partial charge is 0.251 e. The van der Waals surface area contributed by atoms with E-state index in [1.807, 2.05) is 12.1 Å². The molecule has 1 rings (SSSR count). The van der Waals surface area contributed by atoms with E-state index < -0.39 is 0 Å². The van der Waals surface area contributed by atoms with Crippen molar-refractivity contribution in [1.29, 1.82) is 0 Å². The van der Waals surface area contributed by atoms with Gasteiger partial charge in [0.15, 0.2) is 0 Å². The maximum atomic E-state index is 11.9. The van der Waals surface area contributed by atoms with Crippen LogP contribution in [0.1, 0.15) is 50.4 Å². The first kappa shape index (κ1) is 15.1. The van der Waals surface area contributed by atoms with Gasteiger partial charge in [0.1, 0.15) is 0 Å².